The number of carbonyl (C=O) groups is 2. The molecule has 15 heavy (non-hydrogen) atoms. The van der Waals surface area contributed by atoms with E-state index in [1.54, 1.807) is 12.4 Å². The SMILES string of the molecule is O=C(OC(=O)c1cc[nH]c1)c1cc[nH]c1. The summed E-state index contributed by atoms with van der Waals surface area (Å²) in [5.41, 5.74) is 0.637. The van der Waals surface area contributed by atoms with Gasteiger partial charge in [-0.1, -0.05) is 0 Å². The van der Waals surface area contributed by atoms with Crippen LogP contribution in [0, 0.1) is 0 Å². The standard InChI is InChI=1S/C10H8N2O3/c13-9(7-1-3-11-5-7)15-10(14)8-2-4-12-6-8/h1-6,11-12H. The smallest absolute Gasteiger partial charge is 0.347 e. The van der Waals surface area contributed by atoms with Gasteiger partial charge in [-0.3, -0.25) is 0 Å². The van der Waals surface area contributed by atoms with Gasteiger partial charge in [0, 0.05) is 24.8 Å². The molecule has 2 N–H and O–H groups in total. The van der Waals surface area contributed by atoms with Crippen LogP contribution in [0.25, 0.3) is 0 Å². The van der Waals surface area contributed by atoms with Crippen molar-refractivity contribution >= 4 is 11.9 Å². The first kappa shape index (κ1) is 9.26. The number of carbonyl (C=O) groups excluding carboxylic acids is 2. The fourth-order valence-corrected chi connectivity index (χ4v) is 1.10. The second kappa shape index (κ2) is 3.83. The molecule has 2 aromatic rings. The molecular formula is C10H8N2O3. The lowest BCUT2D eigenvalue weighted by atomic mass is 10.3. The quantitative estimate of drug-likeness (QED) is 0.572. The van der Waals surface area contributed by atoms with Gasteiger partial charge in [-0.25, -0.2) is 9.59 Å². The highest BCUT2D eigenvalue weighted by atomic mass is 16.6. The number of ether oxygens (including phenoxy) is 1. The molecule has 0 radical (unpaired) electrons. The molecule has 5 heteroatoms. The lowest BCUT2D eigenvalue weighted by Crippen LogP contribution is -2.11. The summed E-state index contributed by atoms with van der Waals surface area (Å²) in [7, 11) is 0. The van der Waals surface area contributed by atoms with E-state index in [0.29, 0.717) is 11.1 Å². The second-order valence-electron chi connectivity index (χ2n) is 2.88. The Morgan fingerprint density at radius 1 is 0.933 bits per heavy atom. The highest BCUT2D eigenvalue weighted by Gasteiger charge is 2.14. The predicted octanol–water partition coefficient (Wildman–Crippen LogP) is 1.34. The molecule has 0 aliphatic heterocycles. The topological polar surface area (TPSA) is 75.0 Å². The summed E-state index contributed by atoms with van der Waals surface area (Å²) in [6.45, 7) is 0. The molecule has 5 nitrogen and oxygen atoms in total. The molecular weight excluding hydrogens is 196 g/mol. The van der Waals surface area contributed by atoms with Crippen LogP contribution in [0.4, 0.5) is 0 Å². The van der Waals surface area contributed by atoms with Gasteiger partial charge in [0.1, 0.15) is 0 Å². The predicted molar refractivity (Wildman–Crippen MR) is 51.3 cm³/mol. The molecule has 2 aromatic heterocycles. The van der Waals surface area contributed by atoms with Crippen molar-refractivity contribution in [2.75, 3.05) is 0 Å². The fourth-order valence-electron chi connectivity index (χ4n) is 1.10. The van der Waals surface area contributed by atoms with Crippen LogP contribution in [-0.4, -0.2) is 21.9 Å². The van der Waals surface area contributed by atoms with E-state index in [9.17, 15) is 9.59 Å². The Morgan fingerprint density at radius 3 is 1.73 bits per heavy atom. The third-order valence-corrected chi connectivity index (χ3v) is 1.85. The summed E-state index contributed by atoms with van der Waals surface area (Å²) in [6, 6.07) is 3.07. The van der Waals surface area contributed by atoms with Crippen molar-refractivity contribution in [3.8, 4) is 0 Å². The monoisotopic (exact) mass is 204 g/mol. The zero-order chi connectivity index (χ0) is 10.7. The van der Waals surface area contributed by atoms with Gasteiger partial charge in [-0.2, -0.15) is 0 Å². The molecule has 0 aromatic carbocycles. The minimum absolute atomic E-state index is 0.318. The van der Waals surface area contributed by atoms with Gasteiger partial charge in [0.15, 0.2) is 0 Å². The summed E-state index contributed by atoms with van der Waals surface area (Å²) < 4.78 is 4.62. The maximum Gasteiger partial charge on any atom is 0.347 e. The molecule has 0 saturated heterocycles. The number of hydrogen-bond acceptors (Lipinski definition) is 3. The van der Waals surface area contributed by atoms with E-state index in [1.807, 2.05) is 0 Å². The van der Waals surface area contributed by atoms with Crippen molar-refractivity contribution in [2.24, 2.45) is 0 Å². The molecule has 2 heterocycles. The summed E-state index contributed by atoms with van der Waals surface area (Å²) in [6.07, 6.45) is 6.09. The molecule has 0 amide bonds. The zero-order valence-corrected chi connectivity index (χ0v) is 7.69. The average molecular weight is 204 g/mol. The van der Waals surface area contributed by atoms with E-state index in [-0.39, 0.29) is 0 Å². The first-order valence-corrected chi connectivity index (χ1v) is 4.29. The van der Waals surface area contributed by atoms with Crippen LogP contribution < -0.4 is 0 Å². The Kier molecular flexibility index (Phi) is 2.37. The van der Waals surface area contributed by atoms with Crippen molar-refractivity contribution in [3.05, 3.63) is 48.0 Å². The Hall–Kier alpha value is -2.30. The lowest BCUT2D eigenvalue weighted by Gasteiger charge is -1.98. The molecule has 2 rings (SSSR count). The number of aromatic amines is 2. The van der Waals surface area contributed by atoms with Crippen molar-refractivity contribution in [1.29, 1.82) is 0 Å². The van der Waals surface area contributed by atoms with Gasteiger partial charge in [0.25, 0.3) is 0 Å². The van der Waals surface area contributed by atoms with E-state index in [0.717, 1.165) is 0 Å². The van der Waals surface area contributed by atoms with Crippen LogP contribution in [0.15, 0.2) is 36.9 Å². The van der Waals surface area contributed by atoms with Gasteiger partial charge in [-0.15, -0.1) is 0 Å². The van der Waals surface area contributed by atoms with Crippen molar-refractivity contribution < 1.29 is 14.3 Å². The molecule has 0 atom stereocenters. The number of nitrogens with one attached hydrogen (secondary N) is 2. The molecule has 0 aliphatic rings. The average Bonchev–Trinajstić information content (AvgIpc) is 2.91. The number of esters is 2. The van der Waals surface area contributed by atoms with Crippen molar-refractivity contribution in [2.45, 2.75) is 0 Å². The Labute approximate surface area is 85.1 Å². The highest BCUT2D eigenvalue weighted by molar-refractivity contribution is 6.02. The third kappa shape index (κ3) is 1.96. The van der Waals surface area contributed by atoms with E-state index in [2.05, 4.69) is 14.7 Å². The molecule has 0 saturated carbocycles. The van der Waals surface area contributed by atoms with Crippen molar-refractivity contribution in [1.82, 2.24) is 9.97 Å². The van der Waals surface area contributed by atoms with Crippen molar-refractivity contribution in [3.63, 3.8) is 0 Å². The van der Waals surface area contributed by atoms with Crippen LogP contribution in [0.3, 0.4) is 0 Å². The lowest BCUT2D eigenvalue weighted by molar-refractivity contribution is 0.0398. The summed E-state index contributed by atoms with van der Waals surface area (Å²) >= 11 is 0. The molecule has 0 unspecified atom stereocenters. The molecule has 0 bridgehead atoms. The van der Waals surface area contributed by atoms with Crippen LogP contribution in [0.5, 0.6) is 0 Å². The van der Waals surface area contributed by atoms with Gasteiger partial charge in [0.05, 0.1) is 11.1 Å². The summed E-state index contributed by atoms with van der Waals surface area (Å²) in [5.74, 6) is -1.33. The summed E-state index contributed by atoms with van der Waals surface area (Å²) in [4.78, 5) is 28.1. The van der Waals surface area contributed by atoms with Gasteiger partial charge >= 0.3 is 11.9 Å². The largest absolute Gasteiger partial charge is 0.386 e. The van der Waals surface area contributed by atoms with E-state index in [1.165, 1.54) is 24.5 Å². The fraction of sp³-hybridized carbons (Fsp3) is 0. The zero-order valence-electron chi connectivity index (χ0n) is 7.69. The summed E-state index contributed by atoms with van der Waals surface area (Å²) in [5, 5.41) is 0. The maximum atomic E-state index is 11.3. The van der Waals surface area contributed by atoms with Crippen LogP contribution in [-0.2, 0) is 4.74 Å². The van der Waals surface area contributed by atoms with E-state index in [4.69, 9.17) is 0 Å². The first-order chi connectivity index (χ1) is 7.27. The minimum Gasteiger partial charge on any atom is -0.386 e. The van der Waals surface area contributed by atoms with Crippen LogP contribution >= 0.6 is 0 Å². The van der Waals surface area contributed by atoms with Crippen LogP contribution in [0.2, 0.25) is 0 Å². The van der Waals surface area contributed by atoms with Gasteiger partial charge in [0.2, 0.25) is 0 Å². The molecule has 0 fully saturated rings. The second-order valence-corrected chi connectivity index (χ2v) is 2.88. The number of rotatable bonds is 2. The molecule has 0 aliphatic carbocycles. The number of aromatic nitrogens is 2. The van der Waals surface area contributed by atoms with E-state index < -0.39 is 11.9 Å². The number of H-pyrrole nitrogens is 2. The van der Waals surface area contributed by atoms with Gasteiger partial charge < -0.3 is 14.7 Å². The maximum absolute atomic E-state index is 11.3. The first-order valence-electron chi connectivity index (χ1n) is 4.29. The molecule has 0 spiro atoms. The normalized spacial score (nSPS) is 9.87. The third-order valence-electron chi connectivity index (χ3n) is 1.85. The Bertz CT molecular complexity index is 413. The van der Waals surface area contributed by atoms with Crippen LogP contribution in [0.1, 0.15) is 20.7 Å². The Morgan fingerprint density at radius 2 is 1.40 bits per heavy atom. The highest BCUT2D eigenvalue weighted by Crippen LogP contribution is 2.04. The van der Waals surface area contributed by atoms with E-state index >= 15 is 0 Å². The Balaban J connectivity index is 2.04. The number of hydrogen-bond donors (Lipinski definition) is 2. The minimum atomic E-state index is -0.664. The van der Waals surface area contributed by atoms with Gasteiger partial charge in [-0.05, 0) is 12.1 Å². The molecule has 76 valence electrons.